The van der Waals surface area contributed by atoms with Crippen molar-refractivity contribution in [3.8, 4) is 16.9 Å². The smallest absolute Gasteiger partial charge is 0.328 e. The topological polar surface area (TPSA) is 72.5 Å². The van der Waals surface area contributed by atoms with E-state index < -0.39 is 5.97 Å². The standard InChI is InChI=1S/C22H19NO3/c1-26-21-12-11-18(13-20(21)23)19(14-22(24)25)17-9-7-16(8-10-17)15-5-3-2-4-6-15/h2-14H,23H2,1H3,(H,24,25)/b19-14+. The highest BCUT2D eigenvalue weighted by molar-refractivity contribution is 5.96. The second-order valence-electron chi connectivity index (χ2n) is 5.80. The lowest BCUT2D eigenvalue weighted by Crippen LogP contribution is -1.98. The Kier molecular flexibility index (Phi) is 5.04. The molecule has 3 aromatic carbocycles. The zero-order valence-corrected chi connectivity index (χ0v) is 14.3. The molecule has 4 heteroatoms. The van der Waals surface area contributed by atoms with Crippen LogP contribution in [0.15, 0.2) is 78.9 Å². The molecule has 0 saturated heterocycles. The molecule has 130 valence electrons. The van der Waals surface area contributed by atoms with Gasteiger partial charge in [0.15, 0.2) is 0 Å². The van der Waals surface area contributed by atoms with Gasteiger partial charge in [-0.15, -0.1) is 0 Å². The number of carboxylic acid groups (broad SMARTS) is 1. The summed E-state index contributed by atoms with van der Waals surface area (Å²) in [5, 5.41) is 9.28. The Labute approximate surface area is 152 Å². The van der Waals surface area contributed by atoms with Gasteiger partial charge in [0.2, 0.25) is 0 Å². The van der Waals surface area contributed by atoms with Gasteiger partial charge in [-0.05, 0) is 40.0 Å². The summed E-state index contributed by atoms with van der Waals surface area (Å²) in [6.07, 6.45) is 1.19. The average molecular weight is 345 g/mol. The molecule has 0 aliphatic carbocycles. The quantitative estimate of drug-likeness (QED) is 0.529. The molecule has 3 rings (SSSR count). The first-order valence-electron chi connectivity index (χ1n) is 8.13. The van der Waals surface area contributed by atoms with Gasteiger partial charge in [0, 0.05) is 6.08 Å². The van der Waals surface area contributed by atoms with Crippen LogP contribution in [-0.2, 0) is 4.79 Å². The Bertz CT molecular complexity index is 945. The van der Waals surface area contributed by atoms with Crippen LogP contribution in [0.5, 0.6) is 5.75 Å². The first-order valence-corrected chi connectivity index (χ1v) is 8.13. The number of carboxylic acids is 1. The van der Waals surface area contributed by atoms with E-state index in [0.29, 0.717) is 17.0 Å². The maximum atomic E-state index is 11.3. The fraction of sp³-hybridized carbons (Fsp3) is 0.0455. The van der Waals surface area contributed by atoms with Crippen molar-refractivity contribution >= 4 is 17.2 Å². The van der Waals surface area contributed by atoms with Gasteiger partial charge in [-0.1, -0.05) is 60.7 Å². The van der Waals surface area contributed by atoms with E-state index in [1.165, 1.54) is 6.08 Å². The second-order valence-corrected chi connectivity index (χ2v) is 5.80. The molecule has 0 unspecified atom stereocenters. The highest BCUT2D eigenvalue weighted by Crippen LogP contribution is 2.30. The van der Waals surface area contributed by atoms with Crippen LogP contribution < -0.4 is 10.5 Å². The van der Waals surface area contributed by atoms with E-state index in [4.69, 9.17) is 10.5 Å². The fourth-order valence-electron chi connectivity index (χ4n) is 2.83. The summed E-state index contributed by atoms with van der Waals surface area (Å²) in [5.41, 5.74) is 10.7. The number of nitrogen functional groups attached to an aromatic ring is 1. The van der Waals surface area contributed by atoms with Gasteiger partial charge in [-0.3, -0.25) is 0 Å². The van der Waals surface area contributed by atoms with Crippen LogP contribution in [-0.4, -0.2) is 18.2 Å². The number of hydrogen-bond donors (Lipinski definition) is 2. The number of benzene rings is 3. The normalized spacial score (nSPS) is 11.2. The van der Waals surface area contributed by atoms with E-state index in [1.54, 1.807) is 25.3 Å². The van der Waals surface area contributed by atoms with E-state index in [0.717, 1.165) is 22.3 Å². The number of nitrogens with two attached hydrogens (primary N) is 1. The highest BCUT2D eigenvalue weighted by atomic mass is 16.5. The average Bonchev–Trinajstić information content (AvgIpc) is 2.67. The number of anilines is 1. The molecule has 0 fully saturated rings. The molecule has 0 saturated carbocycles. The Balaban J connectivity index is 2.01. The van der Waals surface area contributed by atoms with E-state index in [9.17, 15) is 9.90 Å². The summed E-state index contributed by atoms with van der Waals surface area (Å²) < 4.78 is 5.17. The third-order valence-electron chi connectivity index (χ3n) is 4.11. The molecule has 0 aliphatic rings. The Morgan fingerprint density at radius 1 is 0.923 bits per heavy atom. The molecular weight excluding hydrogens is 326 g/mol. The van der Waals surface area contributed by atoms with Crippen LogP contribution in [0.1, 0.15) is 11.1 Å². The summed E-state index contributed by atoms with van der Waals surface area (Å²) in [5.74, 6) is -0.454. The minimum Gasteiger partial charge on any atom is -0.495 e. The van der Waals surface area contributed by atoms with Crippen molar-refractivity contribution in [1.29, 1.82) is 0 Å². The molecule has 3 aromatic rings. The lowest BCUT2D eigenvalue weighted by molar-refractivity contribution is -0.131. The van der Waals surface area contributed by atoms with Crippen molar-refractivity contribution in [2.75, 3.05) is 12.8 Å². The number of methoxy groups -OCH3 is 1. The molecule has 0 amide bonds. The van der Waals surface area contributed by atoms with Gasteiger partial charge in [0.25, 0.3) is 0 Å². The van der Waals surface area contributed by atoms with Gasteiger partial charge >= 0.3 is 5.97 Å². The summed E-state index contributed by atoms with van der Waals surface area (Å²) in [6.45, 7) is 0. The minimum absolute atomic E-state index is 0.460. The zero-order valence-electron chi connectivity index (χ0n) is 14.3. The number of hydrogen-bond acceptors (Lipinski definition) is 3. The third kappa shape index (κ3) is 3.75. The van der Waals surface area contributed by atoms with Crippen LogP contribution in [0, 0.1) is 0 Å². The fourth-order valence-corrected chi connectivity index (χ4v) is 2.83. The SMILES string of the molecule is COc1ccc(/C(=C/C(=O)O)c2ccc(-c3ccccc3)cc2)cc1N. The Morgan fingerprint density at radius 2 is 1.54 bits per heavy atom. The largest absolute Gasteiger partial charge is 0.495 e. The Morgan fingerprint density at radius 3 is 2.12 bits per heavy atom. The summed E-state index contributed by atoms with van der Waals surface area (Å²) in [4.78, 5) is 11.3. The van der Waals surface area contributed by atoms with Crippen LogP contribution in [0.25, 0.3) is 16.7 Å². The van der Waals surface area contributed by atoms with Crippen molar-refractivity contribution in [2.24, 2.45) is 0 Å². The van der Waals surface area contributed by atoms with Gasteiger partial charge in [-0.25, -0.2) is 4.79 Å². The minimum atomic E-state index is -1.01. The lowest BCUT2D eigenvalue weighted by Gasteiger charge is -2.12. The van der Waals surface area contributed by atoms with Gasteiger partial charge in [0.05, 0.1) is 12.8 Å². The molecular formula is C22H19NO3. The van der Waals surface area contributed by atoms with Crippen LogP contribution in [0.2, 0.25) is 0 Å². The molecule has 3 N–H and O–H groups in total. The van der Waals surface area contributed by atoms with Gasteiger partial charge in [-0.2, -0.15) is 0 Å². The zero-order chi connectivity index (χ0) is 18.5. The summed E-state index contributed by atoms with van der Waals surface area (Å²) in [7, 11) is 1.54. The van der Waals surface area contributed by atoms with Crippen molar-refractivity contribution in [3.05, 3.63) is 90.0 Å². The van der Waals surface area contributed by atoms with Crippen LogP contribution >= 0.6 is 0 Å². The maximum Gasteiger partial charge on any atom is 0.328 e. The van der Waals surface area contributed by atoms with E-state index >= 15 is 0 Å². The molecule has 0 aromatic heterocycles. The lowest BCUT2D eigenvalue weighted by atomic mass is 9.95. The number of carbonyl (C=O) groups is 1. The predicted octanol–water partition coefficient (Wildman–Crippen LogP) is 4.46. The first-order chi connectivity index (χ1) is 12.6. The van der Waals surface area contributed by atoms with Crippen LogP contribution in [0.4, 0.5) is 5.69 Å². The van der Waals surface area contributed by atoms with E-state index in [2.05, 4.69) is 0 Å². The molecule has 0 bridgehead atoms. The molecule has 26 heavy (non-hydrogen) atoms. The number of aliphatic carboxylic acids is 1. The van der Waals surface area contributed by atoms with Gasteiger partial charge < -0.3 is 15.6 Å². The maximum absolute atomic E-state index is 11.3. The van der Waals surface area contributed by atoms with Crippen molar-refractivity contribution in [3.63, 3.8) is 0 Å². The predicted molar refractivity (Wildman–Crippen MR) is 104 cm³/mol. The molecule has 0 heterocycles. The van der Waals surface area contributed by atoms with E-state index in [-0.39, 0.29) is 0 Å². The molecule has 0 atom stereocenters. The van der Waals surface area contributed by atoms with E-state index in [1.807, 2.05) is 54.6 Å². The number of rotatable bonds is 5. The monoisotopic (exact) mass is 345 g/mol. The third-order valence-corrected chi connectivity index (χ3v) is 4.11. The van der Waals surface area contributed by atoms with Crippen LogP contribution in [0.3, 0.4) is 0 Å². The summed E-state index contributed by atoms with van der Waals surface area (Å²) >= 11 is 0. The molecule has 0 spiro atoms. The van der Waals surface area contributed by atoms with Gasteiger partial charge in [0.1, 0.15) is 5.75 Å². The Hall–Kier alpha value is -3.53. The number of ether oxygens (including phenoxy) is 1. The highest BCUT2D eigenvalue weighted by Gasteiger charge is 2.10. The second kappa shape index (κ2) is 7.57. The summed E-state index contributed by atoms with van der Waals surface area (Å²) in [6, 6.07) is 23.1. The first kappa shape index (κ1) is 17.3. The van der Waals surface area contributed by atoms with Crippen molar-refractivity contribution < 1.29 is 14.6 Å². The van der Waals surface area contributed by atoms with Crippen molar-refractivity contribution in [1.82, 2.24) is 0 Å². The molecule has 4 nitrogen and oxygen atoms in total. The van der Waals surface area contributed by atoms with Crippen molar-refractivity contribution in [2.45, 2.75) is 0 Å². The molecule has 0 radical (unpaired) electrons. The molecule has 0 aliphatic heterocycles.